The van der Waals surface area contributed by atoms with Gasteiger partial charge in [0.05, 0.1) is 16.7 Å². The van der Waals surface area contributed by atoms with Crippen LogP contribution in [0.15, 0.2) is 33.5 Å². The molecule has 0 radical (unpaired) electrons. The van der Waals surface area contributed by atoms with Gasteiger partial charge >= 0.3 is 5.97 Å². The number of hydrogen-bond acceptors (Lipinski definition) is 7. The average molecular weight is 341 g/mol. The van der Waals surface area contributed by atoms with Crippen LogP contribution in [0.25, 0.3) is 0 Å². The Morgan fingerprint density at radius 3 is 2.55 bits per heavy atom. The van der Waals surface area contributed by atoms with Gasteiger partial charge in [0.25, 0.3) is 0 Å². The van der Waals surface area contributed by atoms with Crippen molar-refractivity contribution < 1.29 is 18.3 Å². The molecule has 0 spiro atoms. The number of nitrogens with two attached hydrogens (primary N) is 1. The highest BCUT2D eigenvalue weighted by Crippen LogP contribution is 2.29. The molecule has 0 fully saturated rings. The maximum Gasteiger partial charge on any atom is 0.335 e. The second-order valence-electron chi connectivity index (χ2n) is 4.70. The Bertz CT molecular complexity index is 812. The van der Waals surface area contributed by atoms with Crippen LogP contribution in [0.5, 0.6) is 0 Å². The molecule has 0 atom stereocenters. The third-order valence-corrected chi connectivity index (χ3v) is 6.15. The summed E-state index contributed by atoms with van der Waals surface area (Å²) in [7, 11) is -0.420. The van der Waals surface area contributed by atoms with Crippen molar-refractivity contribution in [2.24, 2.45) is 5.73 Å². The van der Waals surface area contributed by atoms with Gasteiger partial charge in [-0.1, -0.05) is 0 Å². The number of benzene rings is 1. The molecule has 3 N–H and O–H groups in total. The molecule has 1 heterocycles. The first-order chi connectivity index (χ1) is 10.3. The summed E-state index contributed by atoms with van der Waals surface area (Å²) in [6.45, 7) is 0.151. The van der Waals surface area contributed by atoms with Gasteiger partial charge in [-0.3, -0.25) is 0 Å². The van der Waals surface area contributed by atoms with E-state index in [2.05, 4.69) is 4.98 Å². The third-order valence-electron chi connectivity index (χ3n) is 2.94. The summed E-state index contributed by atoms with van der Waals surface area (Å²) in [6, 6.07) is 4.00. The molecule has 2 aromatic rings. The summed E-state index contributed by atoms with van der Waals surface area (Å²) >= 11 is 0.978. The molecule has 0 aliphatic carbocycles. The molecule has 0 unspecified atom stereocenters. The number of aromatic nitrogens is 1. The first-order valence-electron chi connectivity index (χ1n) is 6.21. The molecule has 0 saturated carbocycles. The Balaban J connectivity index is 2.61. The lowest BCUT2D eigenvalue weighted by Gasteiger charge is -2.14. The van der Waals surface area contributed by atoms with Crippen LogP contribution in [0.3, 0.4) is 0 Å². The number of anilines is 1. The molecule has 118 valence electrons. The summed E-state index contributed by atoms with van der Waals surface area (Å²) in [5.41, 5.74) is 5.84. The number of carboxylic acid groups (broad SMARTS) is 1. The van der Waals surface area contributed by atoms with Gasteiger partial charge in [-0.15, -0.1) is 11.3 Å². The van der Waals surface area contributed by atoms with Crippen LogP contribution in [-0.4, -0.2) is 38.6 Å². The van der Waals surface area contributed by atoms with Gasteiger partial charge in [-0.2, -0.15) is 0 Å². The average Bonchev–Trinajstić information content (AvgIpc) is 2.96. The van der Waals surface area contributed by atoms with E-state index < -0.39 is 15.8 Å². The van der Waals surface area contributed by atoms with Crippen molar-refractivity contribution in [2.75, 3.05) is 19.0 Å². The van der Waals surface area contributed by atoms with E-state index in [0.29, 0.717) is 10.7 Å². The molecule has 1 aromatic heterocycles. The van der Waals surface area contributed by atoms with Crippen LogP contribution in [0.2, 0.25) is 0 Å². The standard InChI is InChI=1S/C13H15N3O4S2/c1-16(2)9-3-8(13(17)18)4-10(5-9)22(19,20)12-7-15-11(6-14)21-12/h3-5,7H,6,14H2,1-2H3,(H,17,18). The highest BCUT2D eigenvalue weighted by atomic mass is 32.2. The molecule has 1 aromatic carbocycles. The lowest BCUT2D eigenvalue weighted by Crippen LogP contribution is -2.12. The minimum atomic E-state index is -3.83. The number of thiazole rings is 1. The van der Waals surface area contributed by atoms with Crippen LogP contribution in [-0.2, 0) is 16.4 Å². The van der Waals surface area contributed by atoms with E-state index >= 15 is 0 Å². The van der Waals surface area contributed by atoms with Gasteiger partial charge in [-0.05, 0) is 18.2 Å². The Kier molecular flexibility index (Phi) is 4.50. The van der Waals surface area contributed by atoms with Crippen molar-refractivity contribution in [1.29, 1.82) is 0 Å². The molecule has 0 saturated heterocycles. The normalized spacial score (nSPS) is 11.4. The van der Waals surface area contributed by atoms with E-state index in [1.165, 1.54) is 18.3 Å². The molecule has 2 rings (SSSR count). The second kappa shape index (κ2) is 6.03. The fourth-order valence-electron chi connectivity index (χ4n) is 1.75. The molecular weight excluding hydrogens is 326 g/mol. The van der Waals surface area contributed by atoms with Crippen molar-refractivity contribution in [3.63, 3.8) is 0 Å². The van der Waals surface area contributed by atoms with Crippen LogP contribution < -0.4 is 10.6 Å². The summed E-state index contributed by atoms with van der Waals surface area (Å²) < 4.78 is 25.3. The quantitative estimate of drug-likeness (QED) is 0.840. The summed E-state index contributed by atoms with van der Waals surface area (Å²) in [5.74, 6) is -1.19. The van der Waals surface area contributed by atoms with Crippen molar-refractivity contribution >= 4 is 32.8 Å². The van der Waals surface area contributed by atoms with Gasteiger partial charge < -0.3 is 15.7 Å². The first kappa shape index (κ1) is 16.4. The van der Waals surface area contributed by atoms with Crippen molar-refractivity contribution in [2.45, 2.75) is 15.6 Å². The molecule has 22 heavy (non-hydrogen) atoms. The summed E-state index contributed by atoms with van der Waals surface area (Å²) in [5, 5.41) is 9.66. The number of carbonyl (C=O) groups is 1. The van der Waals surface area contributed by atoms with Crippen LogP contribution >= 0.6 is 11.3 Å². The maximum atomic E-state index is 12.6. The smallest absolute Gasteiger partial charge is 0.335 e. The third kappa shape index (κ3) is 3.11. The Morgan fingerprint density at radius 1 is 1.36 bits per heavy atom. The number of sulfone groups is 1. The predicted octanol–water partition coefficient (Wildman–Crippen LogP) is 1.20. The fraction of sp³-hybridized carbons (Fsp3) is 0.231. The number of hydrogen-bond donors (Lipinski definition) is 2. The lowest BCUT2D eigenvalue weighted by molar-refractivity contribution is 0.0696. The fourth-order valence-corrected chi connectivity index (χ4v) is 4.27. The van der Waals surface area contributed by atoms with Crippen molar-refractivity contribution in [1.82, 2.24) is 4.98 Å². The van der Waals surface area contributed by atoms with Gasteiger partial charge in [0.15, 0.2) is 0 Å². The largest absolute Gasteiger partial charge is 0.478 e. The highest BCUT2D eigenvalue weighted by molar-refractivity contribution is 7.93. The lowest BCUT2D eigenvalue weighted by atomic mass is 10.2. The van der Waals surface area contributed by atoms with E-state index in [-0.39, 0.29) is 21.2 Å². The van der Waals surface area contributed by atoms with E-state index in [4.69, 9.17) is 10.8 Å². The molecule has 0 amide bonds. The number of aromatic carboxylic acids is 1. The van der Waals surface area contributed by atoms with Gasteiger partial charge in [0.1, 0.15) is 9.22 Å². The number of rotatable bonds is 5. The van der Waals surface area contributed by atoms with E-state index in [9.17, 15) is 13.2 Å². The maximum absolute atomic E-state index is 12.6. The molecule has 0 aliphatic rings. The number of nitrogens with zero attached hydrogens (tertiary/aromatic N) is 2. The van der Waals surface area contributed by atoms with Crippen LogP contribution in [0.1, 0.15) is 15.4 Å². The van der Waals surface area contributed by atoms with Crippen LogP contribution in [0, 0.1) is 0 Å². The van der Waals surface area contributed by atoms with E-state index in [0.717, 1.165) is 17.4 Å². The van der Waals surface area contributed by atoms with Gasteiger partial charge in [-0.25, -0.2) is 18.2 Å². The van der Waals surface area contributed by atoms with E-state index in [1.807, 2.05) is 0 Å². The second-order valence-corrected chi connectivity index (χ2v) is 7.99. The zero-order valence-electron chi connectivity index (χ0n) is 12.0. The Morgan fingerprint density at radius 2 is 2.05 bits per heavy atom. The molecule has 7 nitrogen and oxygen atoms in total. The Hall–Kier alpha value is -1.97. The highest BCUT2D eigenvalue weighted by Gasteiger charge is 2.23. The van der Waals surface area contributed by atoms with E-state index in [1.54, 1.807) is 19.0 Å². The van der Waals surface area contributed by atoms with Crippen LogP contribution in [0.4, 0.5) is 5.69 Å². The monoisotopic (exact) mass is 341 g/mol. The first-order valence-corrected chi connectivity index (χ1v) is 8.51. The van der Waals surface area contributed by atoms with Crippen molar-refractivity contribution in [3.05, 3.63) is 35.0 Å². The molecule has 0 aliphatic heterocycles. The zero-order chi connectivity index (χ0) is 16.5. The number of carboxylic acids is 1. The topological polar surface area (TPSA) is 114 Å². The van der Waals surface area contributed by atoms with Gasteiger partial charge in [0.2, 0.25) is 9.84 Å². The molecule has 9 heteroatoms. The SMILES string of the molecule is CN(C)c1cc(C(=O)O)cc(S(=O)(=O)c2cnc(CN)s2)c1. The van der Waals surface area contributed by atoms with Crippen molar-refractivity contribution in [3.8, 4) is 0 Å². The minimum absolute atomic E-state index is 0.0418. The zero-order valence-corrected chi connectivity index (χ0v) is 13.6. The predicted molar refractivity (Wildman–Crippen MR) is 83.2 cm³/mol. The Labute approximate surface area is 131 Å². The summed E-state index contributed by atoms with van der Waals surface area (Å²) in [4.78, 5) is 16.7. The minimum Gasteiger partial charge on any atom is -0.478 e. The molecular formula is C13H15N3O4S2. The van der Waals surface area contributed by atoms with Gasteiger partial charge in [0, 0.05) is 26.3 Å². The molecule has 0 bridgehead atoms. The summed E-state index contributed by atoms with van der Waals surface area (Å²) in [6.07, 6.45) is 1.24.